The van der Waals surface area contributed by atoms with Gasteiger partial charge in [-0.05, 0) is 48.5 Å². The Morgan fingerprint density at radius 2 is 1.81 bits per heavy atom. The lowest BCUT2D eigenvalue weighted by atomic mass is 10.2. The zero-order chi connectivity index (χ0) is 15.1. The molecular weight excluding hydrogens is 287 g/mol. The van der Waals surface area contributed by atoms with Crippen molar-refractivity contribution in [2.75, 3.05) is 11.1 Å². The van der Waals surface area contributed by atoms with Crippen molar-refractivity contribution in [2.24, 2.45) is 0 Å². The first kappa shape index (κ1) is 15.1. The van der Waals surface area contributed by atoms with E-state index in [1.54, 1.807) is 36.4 Å². The number of carbonyl (C=O) groups is 1. The first-order valence-electron chi connectivity index (χ1n) is 6.36. The van der Waals surface area contributed by atoms with Crippen molar-refractivity contribution in [3.05, 3.63) is 59.9 Å². The third-order valence-corrected chi connectivity index (χ3v) is 3.72. The van der Waals surface area contributed by atoms with Gasteiger partial charge < -0.3 is 5.32 Å². The lowest BCUT2D eigenvalue weighted by Crippen LogP contribution is -2.12. The highest BCUT2D eigenvalue weighted by atomic mass is 32.2. The van der Waals surface area contributed by atoms with Crippen molar-refractivity contribution in [2.45, 2.75) is 11.3 Å². The second kappa shape index (κ2) is 7.46. The van der Waals surface area contributed by atoms with Crippen molar-refractivity contribution in [3.63, 3.8) is 0 Å². The van der Waals surface area contributed by atoms with Gasteiger partial charge in [-0.15, -0.1) is 11.8 Å². The van der Waals surface area contributed by atoms with Crippen LogP contribution in [-0.2, 0) is 4.79 Å². The summed E-state index contributed by atoms with van der Waals surface area (Å²) in [6, 6.07) is 14.9. The Kier molecular flexibility index (Phi) is 5.35. The monoisotopic (exact) mass is 300 g/mol. The molecule has 2 aromatic carbocycles. The minimum absolute atomic E-state index is 0.0886. The van der Waals surface area contributed by atoms with Crippen LogP contribution in [0.1, 0.15) is 12.0 Å². The minimum atomic E-state index is -0.266. The molecule has 0 saturated heterocycles. The molecule has 0 aromatic heterocycles. The van der Waals surface area contributed by atoms with E-state index >= 15 is 0 Å². The fourth-order valence-corrected chi connectivity index (χ4v) is 2.50. The highest BCUT2D eigenvalue weighted by Crippen LogP contribution is 2.19. The van der Waals surface area contributed by atoms with Crippen molar-refractivity contribution < 1.29 is 9.18 Å². The lowest BCUT2D eigenvalue weighted by molar-refractivity contribution is -0.115. The zero-order valence-electron chi connectivity index (χ0n) is 11.2. The number of rotatable bonds is 5. The second-order valence-corrected chi connectivity index (χ2v) is 5.46. The van der Waals surface area contributed by atoms with E-state index in [-0.39, 0.29) is 11.7 Å². The molecule has 21 heavy (non-hydrogen) atoms. The van der Waals surface area contributed by atoms with Gasteiger partial charge in [-0.25, -0.2) is 4.39 Å². The molecular formula is C16H13FN2OS. The number of hydrogen-bond acceptors (Lipinski definition) is 3. The predicted octanol–water partition coefficient (Wildman–Crippen LogP) is 3.82. The molecule has 106 valence electrons. The zero-order valence-corrected chi connectivity index (χ0v) is 12.0. The van der Waals surface area contributed by atoms with E-state index in [0.717, 1.165) is 4.90 Å². The third-order valence-electron chi connectivity index (χ3n) is 2.71. The smallest absolute Gasteiger partial charge is 0.225 e. The average Bonchev–Trinajstić information content (AvgIpc) is 2.50. The number of halogens is 1. The van der Waals surface area contributed by atoms with Gasteiger partial charge in [0.15, 0.2) is 0 Å². The Morgan fingerprint density at radius 1 is 1.14 bits per heavy atom. The maximum atomic E-state index is 12.7. The Morgan fingerprint density at radius 3 is 2.43 bits per heavy atom. The number of anilines is 1. The van der Waals surface area contributed by atoms with Crippen LogP contribution in [0.5, 0.6) is 0 Å². The SMILES string of the molecule is N#Cc1ccc(NC(=O)CCSc2ccc(F)cc2)cc1. The van der Waals surface area contributed by atoms with Gasteiger partial charge in [0.2, 0.25) is 5.91 Å². The molecule has 5 heteroatoms. The Labute approximate surface area is 126 Å². The summed E-state index contributed by atoms with van der Waals surface area (Å²) in [6.07, 6.45) is 0.363. The van der Waals surface area contributed by atoms with Crippen LogP contribution in [0, 0.1) is 17.1 Å². The molecule has 0 saturated carbocycles. The molecule has 0 aliphatic heterocycles. The number of nitrogens with zero attached hydrogens (tertiary/aromatic N) is 1. The molecule has 0 spiro atoms. The molecule has 0 unspecified atom stereocenters. The molecule has 3 nitrogen and oxygen atoms in total. The number of hydrogen-bond donors (Lipinski definition) is 1. The van der Waals surface area contributed by atoms with Gasteiger partial charge in [0.05, 0.1) is 11.6 Å². The van der Waals surface area contributed by atoms with Crippen LogP contribution in [0.2, 0.25) is 0 Å². The van der Waals surface area contributed by atoms with Gasteiger partial charge in [-0.2, -0.15) is 5.26 Å². The van der Waals surface area contributed by atoms with E-state index in [1.165, 1.54) is 23.9 Å². The maximum Gasteiger partial charge on any atom is 0.225 e. The number of thioether (sulfide) groups is 1. The highest BCUT2D eigenvalue weighted by Gasteiger charge is 2.03. The summed E-state index contributed by atoms with van der Waals surface area (Å²) in [5.41, 5.74) is 1.23. The average molecular weight is 300 g/mol. The van der Waals surface area contributed by atoms with Crippen LogP contribution < -0.4 is 5.32 Å². The summed E-state index contributed by atoms with van der Waals surface area (Å²) in [6.45, 7) is 0. The molecule has 0 bridgehead atoms. The number of carbonyl (C=O) groups excluding carboxylic acids is 1. The topological polar surface area (TPSA) is 52.9 Å². The summed E-state index contributed by atoms with van der Waals surface area (Å²) >= 11 is 1.50. The highest BCUT2D eigenvalue weighted by molar-refractivity contribution is 7.99. The Bertz CT molecular complexity index is 647. The van der Waals surface area contributed by atoms with Crippen molar-refractivity contribution in [1.82, 2.24) is 0 Å². The third kappa shape index (κ3) is 4.93. The van der Waals surface area contributed by atoms with Crippen LogP contribution in [0.15, 0.2) is 53.4 Å². The maximum absolute atomic E-state index is 12.7. The fraction of sp³-hybridized carbons (Fsp3) is 0.125. The molecule has 0 aliphatic carbocycles. The standard InChI is InChI=1S/C16H13FN2OS/c17-13-3-7-15(8-4-13)21-10-9-16(20)19-14-5-1-12(11-18)2-6-14/h1-8H,9-10H2,(H,19,20). The molecule has 2 rings (SSSR count). The summed E-state index contributed by atoms with van der Waals surface area (Å²) in [5, 5.41) is 11.5. The van der Waals surface area contributed by atoms with E-state index in [2.05, 4.69) is 5.32 Å². The van der Waals surface area contributed by atoms with E-state index in [1.807, 2.05) is 6.07 Å². The van der Waals surface area contributed by atoms with Gasteiger partial charge in [-0.3, -0.25) is 4.79 Å². The molecule has 0 aliphatic rings. The molecule has 0 heterocycles. The molecule has 1 amide bonds. The second-order valence-electron chi connectivity index (χ2n) is 4.29. The number of nitriles is 1. The fourth-order valence-electron chi connectivity index (χ4n) is 1.64. The predicted molar refractivity (Wildman–Crippen MR) is 81.5 cm³/mol. The normalized spacial score (nSPS) is 9.90. The number of nitrogens with one attached hydrogen (secondary N) is 1. The first-order chi connectivity index (χ1) is 10.2. The minimum Gasteiger partial charge on any atom is -0.326 e. The van der Waals surface area contributed by atoms with Crippen LogP contribution in [0.25, 0.3) is 0 Å². The number of amides is 1. The number of benzene rings is 2. The van der Waals surface area contributed by atoms with Crippen LogP contribution in [0.4, 0.5) is 10.1 Å². The van der Waals surface area contributed by atoms with Gasteiger partial charge in [0.25, 0.3) is 0 Å². The van der Waals surface area contributed by atoms with Crippen molar-refractivity contribution in [3.8, 4) is 6.07 Å². The van der Waals surface area contributed by atoms with E-state index in [9.17, 15) is 9.18 Å². The molecule has 0 atom stereocenters. The summed E-state index contributed by atoms with van der Waals surface area (Å²) < 4.78 is 12.7. The van der Waals surface area contributed by atoms with Crippen molar-refractivity contribution >= 4 is 23.4 Å². The van der Waals surface area contributed by atoms with Crippen LogP contribution in [-0.4, -0.2) is 11.7 Å². The van der Waals surface area contributed by atoms with Crippen LogP contribution in [0.3, 0.4) is 0 Å². The van der Waals surface area contributed by atoms with Gasteiger partial charge in [-0.1, -0.05) is 0 Å². The van der Waals surface area contributed by atoms with Crippen LogP contribution >= 0.6 is 11.8 Å². The summed E-state index contributed by atoms with van der Waals surface area (Å²) in [5.74, 6) is 0.264. The van der Waals surface area contributed by atoms with Crippen molar-refractivity contribution in [1.29, 1.82) is 5.26 Å². The lowest BCUT2D eigenvalue weighted by Gasteiger charge is -2.05. The van der Waals surface area contributed by atoms with Gasteiger partial charge in [0.1, 0.15) is 5.82 Å². The molecule has 0 radical (unpaired) electrons. The molecule has 2 aromatic rings. The summed E-state index contributed by atoms with van der Waals surface area (Å²) in [4.78, 5) is 12.7. The van der Waals surface area contributed by atoms with E-state index in [0.29, 0.717) is 23.4 Å². The quantitative estimate of drug-likeness (QED) is 0.854. The summed E-state index contributed by atoms with van der Waals surface area (Å²) in [7, 11) is 0. The van der Waals surface area contributed by atoms with Gasteiger partial charge >= 0.3 is 0 Å². The molecule has 1 N–H and O–H groups in total. The van der Waals surface area contributed by atoms with E-state index < -0.39 is 0 Å². The first-order valence-corrected chi connectivity index (χ1v) is 7.34. The van der Waals surface area contributed by atoms with Gasteiger partial charge in [0, 0.05) is 22.8 Å². The Hall–Kier alpha value is -2.32. The molecule has 0 fully saturated rings. The Balaban J connectivity index is 1.76. The van der Waals surface area contributed by atoms with E-state index in [4.69, 9.17) is 5.26 Å². The largest absolute Gasteiger partial charge is 0.326 e.